The molecule has 49 heavy (non-hydrogen) atoms. The lowest BCUT2D eigenvalue weighted by molar-refractivity contribution is -0.128. The van der Waals surface area contributed by atoms with Gasteiger partial charge in [0.2, 0.25) is 11.8 Å². The maximum Gasteiger partial charge on any atom is 0.320 e. The molecule has 1 unspecified atom stereocenters. The second-order valence-corrected chi connectivity index (χ2v) is 14.0. The van der Waals surface area contributed by atoms with Gasteiger partial charge in [-0.15, -0.1) is 11.3 Å². The molecule has 0 bridgehead atoms. The maximum absolute atomic E-state index is 16.9. The molecule has 4 atom stereocenters. The standard InChI is InChI=1S/C34H32ClF3N6O4S/c1-3-25(45)44-10-7-24(23(44)15-46-2)48-32-19-11-21(35)27(18-5-6-22(37)30-26(18)20(13-39)31(40)49-30)28(38)29(19)41-33(42-32)47-16-34-8-4-9-43(34)14-17(36)12-34/h3,5-6,11,17,23-24H,1,4,7-10,12,14-16,40H2,2H3/t17-,23+,24-,34?/m1/s1. The van der Waals surface area contributed by atoms with Crippen molar-refractivity contribution in [3.05, 3.63) is 53.1 Å². The molecule has 0 aliphatic carbocycles. The number of hydrogen-bond donors (Lipinski definition) is 1. The lowest BCUT2D eigenvalue weighted by Crippen LogP contribution is -2.44. The van der Waals surface area contributed by atoms with Gasteiger partial charge < -0.3 is 24.8 Å². The van der Waals surface area contributed by atoms with Gasteiger partial charge in [-0.05, 0) is 43.2 Å². The van der Waals surface area contributed by atoms with Crippen LogP contribution in [-0.4, -0.2) is 89.5 Å². The zero-order valence-electron chi connectivity index (χ0n) is 26.5. The Kier molecular flexibility index (Phi) is 8.81. The number of nitriles is 1. The van der Waals surface area contributed by atoms with Crippen LogP contribution >= 0.6 is 22.9 Å². The van der Waals surface area contributed by atoms with E-state index in [0.717, 1.165) is 36.8 Å². The van der Waals surface area contributed by atoms with Crippen molar-refractivity contribution in [2.75, 3.05) is 45.7 Å². The number of nitrogen functional groups attached to an aromatic ring is 1. The van der Waals surface area contributed by atoms with E-state index in [2.05, 4.69) is 21.4 Å². The number of nitrogens with two attached hydrogens (primary N) is 1. The molecule has 4 aromatic rings. The Labute approximate surface area is 288 Å². The van der Waals surface area contributed by atoms with Crippen LogP contribution < -0.4 is 15.2 Å². The topological polar surface area (TPSA) is 127 Å². The summed E-state index contributed by atoms with van der Waals surface area (Å²) in [4.78, 5) is 25.3. The van der Waals surface area contributed by atoms with Crippen molar-refractivity contribution in [1.82, 2.24) is 19.8 Å². The monoisotopic (exact) mass is 712 g/mol. The van der Waals surface area contributed by atoms with Gasteiger partial charge in [-0.3, -0.25) is 9.69 Å². The fourth-order valence-corrected chi connectivity index (χ4v) is 8.81. The molecule has 2 N–H and O–H groups in total. The average molecular weight is 713 g/mol. The Bertz CT molecular complexity index is 2040. The van der Waals surface area contributed by atoms with Crippen molar-refractivity contribution in [2.45, 2.75) is 49.5 Å². The molecule has 10 nitrogen and oxygen atoms in total. The van der Waals surface area contributed by atoms with E-state index in [0.29, 0.717) is 25.9 Å². The molecule has 0 saturated carbocycles. The first-order valence-corrected chi connectivity index (χ1v) is 17.0. The van der Waals surface area contributed by atoms with Gasteiger partial charge in [-0.25, -0.2) is 13.2 Å². The van der Waals surface area contributed by atoms with Crippen LogP contribution in [0.1, 0.15) is 31.2 Å². The number of nitrogens with zero attached hydrogens (tertiary/aromatic N) is 5. The molecule has 3 saturated heterocycles. The largest absolute Gasteiger partial charge is 0.471 e. The maximum atomic E-state index is 16.9. The number of fused-ring (bicyclic) bond motifs is 3. The summed E-state index contributed by atoms with van der Waals surface area (Å²) in [5.74, 6) is -1.82. The SMILES string of the molecule is C=CC(=O)N1CC[C@@H](Oc2nc(OCC34CCCN3C[C@H](F)C4)nc3c(F)c(-c4ccc(F)c5sc(N)c(C#N)c45)c(Cl)cc23)[C@@H]1COC. The third-order valence-electron chi connectivity index (χ3n) is 9.80. The summed E-state index contributed by atoms with van der Waals surface area (Å²) in [6, 6.07) is 5.25. The number of halogens is 4. The predicted molar refractivity (Wildman–Crippen MR) is 180 cm³/mol. The number of likely N-dealkylation sites (tertiary alicyclic amines) is 1. The van der Waals surface area contributed by atoms with E-state index in [1.807, 2.05) is 6.07 Å². The summed E-state index contributed by atoms with van der Waals surface area (Å²) in [5.41, 5.74) is 5.36. The lowest BCUT2D eigenvalue weighted by Gasteiger charge is -2.31. The van der Waals surface area contributed by atoms with E-state index in [4.69, 9.17) is 31.5 Å². The van der Waals surface area contributed by atoms with Crippen LogP contribution in [0, 0.1) is 23.0 Å². The minimum absolute atomic E-state index is 0.00736. The second-order valence-electron chi connectivity index (χ2n) is 12.6. The first-order valence-electron chi connectivity index (χ1n) is 15.8. The number of alkyl halides is 1. The van der Waals surface area contributed by atoms with E-state index in [1.165, 1.54) is 25.3 Å². The van der Waals surface area contributed by atoms with Crippen LogP contribution in [0.2, 0.25) is 5.02 Å². The number of anilines is 1. The van der Waals surface area contributed by atoms with Crippen molar-refractivity contribution < 1.29 is 32.2 Å². The molecule has 2 aromatic carbocycles. The Morgan fingerprint density at radius 2 is 2.14 bits per heavy atom. The molecule has 1 amide bonds. The molecule has 0 spiro atoms. The van der Waals surface area contributed by atoms with Gasteiger partial charge in [0.1, 0.15) is 41.3 Å². The number of carbonyl (C=O) groups is 1. The molecule has 0 radical (unpaired) electrons. The Balaban J connectivity index is 1.36. The van der Waals surface area contributed by atoms with E-state index >= 15 is 4.39 Å². The van der Waals surface area contributed by atoms with Crippen LogP contribution in [0.15, 0.2) is 30.9 Å². The number of rotatable bonds is 9. The molecule has 3 fully saturated rings. The third-order valence-corrected chi connectivity index (χ3v) is 11.1. The summed E-state index contributed by atoms with van der Waals surface area (Å²) in [5, 5.41) is 10.1. The second kappa shape index (κ2) is 12.9. The van der Waals surface area contributed by atoms with Crippen molar-refractivity contribution in [1.29, 1.82) is 5.26 Å². The molecular weight excluding hydrogens is 681 g/mol. The number of thiophene rings is 1. The summed E-state index contributed by atoms with van der Waals surface area (Å²) < 4.78 is 64.4. The Morgan fingerprint density at radius 1 is 1.33 bits per heavy atom. The first kappa shape index (κ1) is 33.3. The Morgan fingerprint density at radius 3 is 2.90 bits per heavy atom. The van der Waals surface area contributed by atoms with Crippen molar-refractivity contribution >= 4 is 54.8 Å². The lowest BCUT2D eigenvalue weighted by atomic mass is 9.95. The highest BCUT2D eigenvalue weighted by Gasteiger charge is 2.49. The number of amides is 1. The average Bonchev–Trinajstić information content (AvgIpc) is 3.82. The van der Waals surface area contributed by atoms with Gasteiger partial charge in [-0.1, -0.05) is 24.2 Å². The highest BCUT2D eigenvalue weighted by Crippen LogP contribution is 2.46. The van der Waals surface area contributed by atoms with Crippen LogP contribution in [0.25, 0.3) is 32.1 Å². The van der Waals surface area contributed by atoms with E-state index < -0.39 is 35.5 Å². The summed E-state index contributed by atoms with van der Waals surface area (Å²) in [6.45, 7) is 5.26. The minimum atomic E-state index is -0.985. The van der Waals surface area contributed by atoms with Crippen molar-refractivity contribution in [2.24, 2.45) is 0 Å². The van der Waals surface area contributed by atoms with Crippen molar-refractivity contribution in [3.8, 4) is 29.1 Å². The van der Waals surface area contributed by atoms with Gasteiger partial charge in [-0.2, -0.15) is 15.2 Å². The van der Waals surface area contributed by atoms with Gasteiger partial charge in [0.15, 0.2) is 5.82 Å². The molecule has 5 heterocycles. The fourth-order valence-electron chi connectivity index (χ4n) is 7.57. The smallest absolute Gasteiger partial charge is 0.320 e. The van der Waals surface area contributed by atoms with E-state index in [1.54, 1.807) is 4.90 Å². The fraction of sp³-hybridized carbons (Fsp3) is 0.412. The van der Waals surface area contributed by atoms with Gasteiger partial charge in [0, 0.05) is 44.0 Å². The molecule has 256 valence electrons. The predicted octanol–water partition coefficient (Wildman–Crippen LogP) is 6.03. The Hall–Kier alpha value is -4.16. The zero-order chi connectivity index (χ0) is 34.6. The van der Waals surface area contributed by atoms with Gasteiger partial charge >= 0.3 is 6.01 Å². The highest BCUT2D eigenvalue weighted by atomic mass is 35.5. The highest BCUT2D eigenvalue weighted by molar-refractivity contribution is 7.23. The van der Waals surface area contributed by atoms with Crippen LogP contribution in [-0.2, 0) is 9.53 Å². The minimum Gasteiger partial charge on any atom is -0.471 e. The number of hydrogen-bond acceptors (Lipinski definition) is 10. The van der Waals surface area contributed by atoms with Crippen LogP contribution in [0.5, 0.6) is 11.9 Å². The molecule has 3 aliphatic rings. The van der Waals surface area contributed by atoms with Gasteiger partial charge in [0.05, 0.1) is 38.9 Å². The van der Waals surface area contributed by atoms with Crippen LogP contribution in [0.3, 0.4) is 0 Å². The zero-order valence-corrected chi connectivity index (χ0v) is 28.1. The molecule has 3 aliphatic heterocycles. The molecular formula is C34H32ClF3N6O4S. The quantitative estimate of drug-likeness (QED) is 0.207. The molecule has 2 aromatic heterocycles. The molecule has 7 rings (SSSR count). The van der Waals surface area contributed by atoms with E-state index in [9.17, 15) is 18.8 Å². The number of methoxy groups -OCH3 is 1. The summed E-state index contributed by atoms with van der Waals surface area (Å²) in [6.07, 6.45) is 1.98. The van der Waals surface area contributed by atoms with Crippen LogP contribution in [0.4, 0.5) is 18.2 Å². The number of ether oxygens (including phenoxy) is 3. The van der Waals surface area contributed by atoms with Crippen molar-refractivity contribution in [3.63, 3.8) is 0 Å². The van der Waals surface area contributed by atoms with Gasteiger partial charge in [0.25, 0.3) is 0 Å². The third kappa shape index (κ3) is 5.62. The number of benzene rings is 2. The van der Waals surface area contributed by atoms with E-state index in [-0.39, 0.29) is 78.7 Å². The number of aromatic nitrogens is 2. The normalized spacial score (nSPS) is 23.7. The number of carbonyl (C=O) groups excluding carboxylic acids is 1. The molecule has 15 heteroatoms. The summed E-state index contributed by atoms with van der Waals surface area (Å²) in [7, 11) is 1.51. The summed E-state index contributed by atoms with van der Waals surface area (Å²) >= 11 is 7.67. The first-order chi connectivity index (χ1) is 23.6.